The average molecular weight is 388 g/mol. The van der Waals surface area contributed by atoms with Gasteiger partial charge in [-0.25, -0.2) is 0 Å². The average Bonchev–Trinajstić information content (AvgIpc) is 2.83. The van der Waals surface area contributed by atoms with Crippen molar-refractivity contribution in [2.45, 2.75) is 25.8 Å². The van der Waals surface area contributed by atoms with Gasteiger partial charge in [-0.15, -0.1) is 11.3 Å². The standard InChI is InChI=1S/C16H20BrClN2S/c1-2-3-9-20(12-7-5-4-6-8-12)14(11-19)15-10-13(17)16(18)21-15/h4-8,10,14H,2-3,9,11,19H2,1H3. The Labute approximate surface area is 144 Å². The molecule has 0 aliphatic heterocycles. The lowest BCUT2D eigenvalue weighted by atomic mass is 10.1. The lowest BCUT2D eigenvalue weighted by Crippen LogP contribution is -2.34. The number of halogens is 2. The summed E-state index contributed by atoms with van der Waals surface area (Å²) in [5.41, 5.74) is 7.29. The Bertz CT molecular complexity index is 539. The molecule has 0 saturated carbocycles. The van der Waals surface area contributed by atoms with Crippen LogP contribution in [0.4, 0.5) is 5.69 Å². The van der Waals surface area contributed by atoms with Gasteiger partial charge in [-0.05, 0) is 40.5 Å². The van der Waals surface area contributed by atoms with E-state index in [1.54, 1.807) is 11.3 Å². The summed E-state index contributed by atoms with van der Waals surface area (Å²) >= 11 is 11.3. The van der Waals surface area contributed by atoms with Gasteiger partial charge in [0, 0.05) is 28.1 Å². The maximum Gasteiger partial charge on any atom is 0.107 e. The molecule has 0 fully saturated rings. The molecule has 2 N–H and O–H groups in total. The maximum absolute atomic E-state index is 6.20. The fraction of sp³-hybridized carbons (Fsp3) is 0.375. The number of para-hydroxylation sites is 1. The molecule has 0 aliphatic rings. The highest BCUT2D eigenvalue weighted by molar-refractivity contribution is 9.10. The van der Waals surface area contributed by atoms with E-state index < -0.39 is 0 Å². The molecule has 0 bridgehead atoms. The molecular weight excluding hydrogens is 368 g/mol. The Kier molecular flexibility index (Phi) is 6.55. The van der Waals surface area contributed by atoms with Crippen molar-refractivity contribution < 1.29 is 0 Å². The van der Waals surface area contributed by atoms with Crippen molar-refractivity contribution >= 4 is 44.6 Å². The molecule has 0 amide bonds. The highest BCUT2D eigenvalue weighted by atomic mass is 79.9. The Morgan fingerprint density at radius 1 is 1.33 bits per heavy atom. The molecular formula is C16H20BrClN2S. The maximum atomic E-state index is 6.20. The smallest absolute Gasteiger partial charge is 0.107 e. The van der Waals surface area contributed by atoms with E-state index in [-0.39, 0.29) is 6.04 Å². The van der Waals surface area contributed by atoms with Crippen LogP contribution in [0.15, 0.2) is 40.9 Å². The predicted octanol–water partition coefficient (Wildman–Crippen LogP) is 5.47. The number of rotatable bonds is 7. The van der Waals surface area contributed by atoms with E-state index in [9.17, 15) is 0 Å². The van der Waals surface area contributed by atoms with Crippen molar-refractivity contribution in [3.63, 3.8) is 0 Å². The van der Waals surface area contributed by atoms with Gasteiger partial charge in [0.25, 0.3) is 0 Å². The summed E-state index contributed by atoms with van der Waals surface area (Å²) in [7, 11) is 0. The summed E-state index contributed by atoms with van der Waals surface area (Å²) in [6.45, 7) is 3.77. The third kappa shape index (κ3) is 4.22. The van der Waals surface area contributed by atoms with Gasteiger partial charge in [-0.2, -0.15) is 0 Å². The van der Waals surface area contributed by atoms with Crippen LogP contribution >= 0.6 is 38.9 Å². The first-order valence-corrected chi connectivity index (χ1v) is 9.12. The monoisotopic (exact) mass is 386 g/mol. The fourth-order valence-corrected chi connectivity index (χ4v) is 4.20. The Morgan fingerprint density at radius 2 is 2.05 bits per heavy atom. The molecule has 0 aliphatic carbocycles. The fourth-order valence-electron chi connectivity index (χ4n) is 2.34. The molecule has 0 radical (unpaired) electrons. The van der Waals surface area contributed by atoms with E-state index in [1.165, 1.54) is 10.6 Å². The lowest BCUT2D eigenvalue weighted by Gasteiger charge is -2.32. The topological polar surface area (TPSA) is 29.3 Å². The van der Waals surface area contributed by atoms with Crippen LogP contribution in [0.1, 0.15) is 30.7 Å². The van der Waals surface area contributed by atoms with E-state index in [2.05, 4.69) is 58.1 Å². The second kappa shape index (κ2) is 8.18. The number of anilines is 1. The van der Waals surface area contributed by atoms with Crippen LogP contribution in [0.2, 0.25) is 4.34 Å². The third-order valence-electron chi connectivity index (χ3n) is 3.43. The van der Waals surface area contributed by atoms with Gasteiger partial charge >= 0.3 is 0 Å². The molecule has 0 spiro atoms. The van der Waals surface area contributed by atoms with Gasteiger partial charge in [-0.1, -0.05) is 43.1 Å². The predicted molar refractivity (Wildman–Crippen MR) is 97.5 cm³/mol. The molecule has 1 unspecified atom stereocenters. The number of hydrogen-bond donors (Lipinski definition) is 1. The minimum Gasteiger partial charge on any atom is -0.362 e. The molecule has 2 aromatic rings. The number of nitrogens with zero attached hydrogens (tertiary/aromatic N) is 1. The second-order valence-corrected chi connectivity index (χ2v) is 7.44. The van der Waals surface area contributed by atoms with Gasteiger partial charge in [0.15, 0.2) is 0 Å². The highest BCUT2D eigenvalue weighted by Gasteiger charge is 2.22. The van der Waals surface area contributed by atoms with E-state index >= 15 is 0 Å². The summed E-state index contributed by atoms with van der Waals surface area (Å²) < 4.78 is 1.73. The normalized spacial score (nSPS) is 12.4. The molecule has 1 heterocycles. The molecule has 114 valence electrons. The third-order valence-corrected chi connectivity index (χ3v) is 6.01. The first-order chi connectivity index (χ1) is 10.2. The number of unbranched alkanes of at least 4 members (excludes halogenated alkanes) is 1. The number of thiophene rings is 1. The molecule has 1 aromatic heterocycles. The quantitative estimate of drug-likeness (QED) is 0.682. The number of hydrogen-bond acceptors (Lipinski definition) is 3. The molecule has 1 aromatic carbocycles. The van der Waals surface area contributed by atoms with Gasteiger partial charge in [0.1, 0.15) is 4.34 Å². The minimum absolute atomic E-state index is 0.160. The van der Waals surface area contributed by atoms with Gasteiger partial charge in [0.05, 0.1) is 6.04 Å². The van der Waals surface area contributed by atoms with Crippen LogP contribution in [0.25, 0.3) is 0 Å². The Hall–Kier alpha value is -0.550. The summed E-state index contributed by atoms with van der Waals surface area (Å²) in [6, 6.07) is 12.7. The van der Waals surface area contributed by atoms with Crippen LogP contribution < -0.4 is 10.6 Å². The zero-order valence-electron chi connectivity index (χ0n) is 12.1. The molecule has 1 atom stereocenters. The highest BCUT2D eigenvalue weighted by Crippen LogP contribution is 2.38. The van der Waals surface area contributed by atoms with Crippen LogP contribution in [0.5, 0.6) is 0 Å². The molecule has 2 rings (SSSR count). The Balaban J connectivity index is 2.32. The van der Waals surface area contributed by atoms with E-state index in [4.69, 9.17) is 17.3 Å². The second-order valence-electron chi connectivity index (χ2n) is 4.90. The summed E-state index contributed by atoms with van der Waals surface area (Å²) in [4.78, 5) is 3.59. The van der Waals surface area contributed by atoms with Crippen LogP contribution in [0.3, 0.4) is 0 Å². The zero-order valence-corrected chi connectivity index (χ0v) is 15.2. The van der Waals surface area contributed by atoms with E-state index in [0.29, 0.717) is 6.54 Å². The largest absolute Gasteiger partial charge is 0.362 e. The first kappa shape index (κ1) is 16.8. The van der Waals surface area contributed by atoms with Gasteiger partial charge in [-0.3, -0.25) is 0 Å². The van der Waals surface area contributed by atoms with Crippen molar-refractivity contribution in [3.05, 3.63) is 50.1 Å². The Morgan fingerprint density at radius 3 is 2.57 bits per heavy atom. The zero-order chi connectivity index (χ0) is 15.2. The van der Waals surface area contributed by atoms with Crippen LogP contribution in [-0.2, 0) is 0 Å². The van der Waals surface area contributed by atoms with Crippen molar-refractivity contribution in [3.8, 4) is 0 Å². The van der Waals surface area contributed by atoms with Crippen molar-refractivity contribution in [2.75, 3.05) is 18.0 Å². The SMILES string of the molecule is CCCCN(c1ccccc1)C(CN)c1cc(Br)c(Cl)s1. The molecule has 21 heavy (non-hydrogen) atoms. The number of benzene rings is 1. The van der Waals surface area contributed by atoms with Crippen molar-refractivity contribution in [1.82, 2.24) is 0 Å². The van der Waals surface area contributed by atoms with Gasteiger partial charge in [0.2, 0.25) is 0 Å². The van der Waals surface area contributed by atoms with Crippen LogP contribution in [-0.4, -0.2) is 13.1 Å². The van der Waals surface area contributed by atoms with Gasteiger partial charge < -0.3 is 10.6 Å². The minimum atomic E-state index is 0.160. The van der Waals surface area contributed by atoms with Crippen LogP contribution in [0, 0.1) is 0 Å². The number of nitrogens with two attached hydrogens (primary N) is 1. The van der Waals surface area contributed by atoms with E-state index in [0.717, 1.165) is 28.2 Å². The van der Waals surface area contributed by atoms with Crippen molar-refractivity contribution in [2.24, 2.45) is 5.73 Å². The van der Waals surface area contributed by atoms with Crippen molar-refractivity contribution in [1.29, 1.82) is 0 Å². The summed E-state index contributed by atoms with van der Waals surface area (Å²) in [5, 5.41) is 0. The molecule has 2 nitrogen and oxygen atoms in total. The summed E-state index contributed by atoms with van der Waals surface area (Å²) in [6.07, 6.45) is 2.31. The van der Waals surface area contributed by atoms with E-state index in [1.807, 2.05) is 6.07 Å². The lowest BCUT2D eigenvalue weighted by molar-refractivity contribution is 0.612. The molecule has 0 saturated heterocycles. The molecule has 5 heteroatoms. The first-order valence-electron chi connectivity index (χ1n) is 7.13. The summed E-state index contributed by atoms with van der Waals surface area (Å²) in [5.74, 6) is 0.